The summed E-state index contributed by atoms with van der Waals surface area (Å²) >= 11 is 0. The molecule has 0 unspecified atom stereocenters. The minimum Gasteiger partial charge on any atom is -0.472 e. The van der Waals surface area contributed by atoms with Crippen LogP contribution in [0.5, 0.6) is 0 Å². The molecular formula is C24H27N5O3. The molecule has 2 amide bonds. The molecule has 5 rings (SSSR count). The van der Waals surface area contributed by atoms with E-state index in [1.54, 1.807) is 30.5 Å². The molecule has 2 bridgehead atoms. The molecule has 166 valence electrons. The maximum atomic E-state index is 13.7. The fourth-order valence-electron chi connectivity index (χ4n) is 5.78. The van der Waals surface area contributed by atoms with E-state index in [1.807, 2.05) is 23.1 Å². The first-order valence-corrected chi connectivity index (χ1v) is 11.2. The maximum absolute atomic E-state index is 13.7. The third kappa shape index (κ3) is 3.62. The highest BCUT2D eigenvalue weighted by Crippen LogP contribution is 2.43. The highest BCUT2D eigenvalue weighted by Gasteiger charge is 2.52. The molecule has 0 aromatic carbocycles. The molecule has 0 radical (unpaired) electrons. The van der Waals surface area contributed by atoms with E-state index in [9.17, 15) is 14.9 Å². The number of pyridine rings is 1. The molecule has 2 aromatic heterocycles. The summed E-state index contributed by atoms with van der Waals surface area (Å²) in [6.45, 7) is 1.88. The molecule has 8 heteroatoms. The molecule has 0 N–H and O–H groups in total. The number of rotatable bonds is 4. The van der Waals surface area contributed by atoms with Crippen molar-refractivity contribution in [1.82, 2.24) is 14.8 Å². The van der Waals surface area contributed by atoms with Crippen LogP contribution in [0.25, 0.3) is 0 Å². The third-order valence-corrected chi connectivity index (χ3v) is 7.14. The number of hydrogen-bond acceptors (Lipinski definition) is 6. The van der Waals surface area contributed by atoms with Crippen LogP contribution in [0.4, 0.5) is 5.82 Å². The largest absolute Gasteiger partial charge is 0.472 e. The molecule has 32 heavy (non-hydrogen) atoms. The molecule has 0 saturated carbocycles. The minimum absolute atomic E-state index is 0.0181. The van der Waals surface area contributed by atoms with Gasteiger partial charge >= 0.3 is 0 Å². The Morgan fingerprint density at radius 1 is 1.31 bits per heavy atom. The maximum Gasteiger partial charge on any atom is 0.245 e. The van der Waals surface area contributed by atoms with Gasteiger partial charge in [-0.1, -0.05) is 6.07 Å². The van der Waals surface area contributed by atoms with Crippen molar-refractivity contribution in [3.05, 3.63) is 48.0 Å². The lowest BCUT2D eigenvalue weighted by Gasteiger charge is -2.56. The molecule has 3 fully saturated rings. The summed E-state index contributed by atoms with van der Waals surface area (Å²) in [5.74, 6) is 1.18. The van der Waals surface area contributed by atoms with Crippen LogP contribution >= 0.6 is 0 Å². The lowest BCUT2D eigenvalue weighted by molar-refractivity contribution is -0.160. The number of carbonyl (C=O) groups is 2. The van der Waals surface area contributed by atoms with Gasteiger partial charge in [0, 0.05) is 50.6 Å². The van der Waals surface area contributed by atoms with E-state index in [4.69, 9.17) is 4.42 Å². The summed E-state index contributed by atoms with van der Waals surface area (Å²) in [7, 11) is 1.80. The van der Waals surface area contributed by atoms with E-state index >= 15 is 0 Å². The van der Waals surface area contributed by atoms with Gasteiger partial charge in [0.2, 0.25) is 11.8 Å². The number of likely N-dealkylation sites (N-methyl/N-ethyl adjacent to an activating group) is 1. The summed E-state index contributed by atoms with van der Waals surface area (Å²) in [5, 5.41) is 9.25. The van der Waals surface area contributed by atoms with Crippen LogP contribution in [-0.4, -0.2) is 58.8 Å². The SMILES string of the molecule is CN(Cc1ccoc1)C(=O)[C@H]1[C@H]2C[C@H](CN(c3cccc(C#N)n3)C2)[C@@H]2CCCC(=O)N21. The van der Waals surface area contributed by atoms with Crippen molar-refractivity contribution in [2.24, 2.45) is 11.8 Å². The van der Waals surface area contributed by atoms with Crippen molar-refractivity contribution in [1.29, 1.82) is 5.26 Å². The average molecular weight is 434 g/mol. The number of carbonyl (C=O) groups excluding carboxylic acids is 2. The zero-order chi connectivity index (χ0) is 22.2. The Morgan fingerprint density at radius 3 is 2.94 bits per heavy atom. The topological polar surface area (TPSA) is 93.7 Å². The lowest BCUT2D eigenvalue weighted by Crippen LogP contribution is -2.68. The van der Waals surface area contributed by atoms with Gasteiger partial charge in [-0.15, -0.1) is 0 Å². The normalized spacial score (nSPS) is 26.9. The summed E-state index contributed by atoms with van der Waals surface area (Å²) in [5.41, 5.74) is 1.32. The predicted octanol–water partition coefficient (Wildman–Crippen LogP) is 2.41. The summed E-state index contributed by atoms with van der Waals surface area (Å²) in [6, 6.07) is 9.05. The van der Waals surface area contributed by atoms with Gasteiger partial charge in [-0.3, -0.25) is 9.59 Å². The quantitative estimate of drug-likeness (QED) is 0.735. The van der Waals surface area contributed by atoms with E-state index in [0.717, 1.165) is 37.2 Å². The van der Waals surface area contributed by atoms with Crippen molar-refractivity contribution < 1.29 is 14.0 Å². The Balaban J connectivity index is 1.45. The zero-order valence-electron chi connectivity index (χ0n) is 18.2. The van der Waals surface area contributed by atoms with Crippen molar-refractivity contribution >= 4 is 17.6 Å². The summed E-state index contributed by atoms with van der Waals surface area (Å²) in [4.78, 5) is 37.0. The average Bonchev–Trinajstić information content (AvgIpc) is 3.32. The predicted molar refractivity (Wildman–Crippen MR) is 116 cm³/mol. The fraction of sp³-hybridized carbons (Fsp3) is 0.500. The van der Waals surface area contributed by atoms with Gasteiger partial charge in [0.15, 0.2) is 0 Å². The Morgan fingerprint density at radius 2 is 2.16 bits per heavy atom. The second-order valence-corrected chi connectivity index (χ2v) is 9.18. The van der Waals surface area contributed by atoms with Crippen molar-refractivity contribution in [2.45, 2.75) is 44.3 Å². The molecular weight excluding hydrogens is 406 g/mol. The molecule has 3 aliphatic heterocycles. The second-order valence-electron chi connectivity index (χ2n) is 9.18. The van der Waals surface area contributed by atoms with Crippen LogP contribution in [0, 0.1) is 23.2 Å². The van der Waals surface area contributed by atoms with Crippen LogP contribution < -0.4 is 4.90 Å². The molecule has 2 aromatic rings. The zero-order valence-corrected chi connectivity index (χ0v) is 18.2. The molecule has 8 nitrogen and oxygen atoms in total. The van der Waals surface area contributed by atoms with Crippen LogP contribution in [-0.2, 0) is 16.1 Å². The van der Waals surface area contributed by atoms with Gasteiger partial charge in [-0.2, -0.15) is 5.26 Å². The standard InChI is InChI=1S/C24H27N5O3/c1-27(12-16-8-9-32-15-16)24(31)23-18-10-17(20-5-3-7-22(30)29(20)23)13-28(14-18)21-6-2-4-19(11-25)26-21/h2,4,6,8-9,15,17-18,20,23H,3,5,7,10,12-14H2,1H3/t17-,18+,20+,23-/m1/s1. The van der Waals surface area contributed by atoms with Crippen LogP contribution in [0.3, 0.4) is 0 Å². The number of anilines is 1. The first-order valence-electron chi connectivity index (χ1n) is 11.2. The number of amides is 2. The van der Waals surface area contributed by atoms with Crippen molar-refractivity contribution in [3.8, 4) is 6.07 Å². The van der Waals surface area contributed by atoms with Crippen LogP contribution in [0.1, 0.15) is 36.9 Å². The third-order valence-electron chi connectivity index (χ3n) is 7.14. The molecule has 0 aliphatic carbocycles. The Hall–Kier alpha value is -3.34. The summed E-state index contributed by atoms with van der Waals surface area (Å²) < 4.78 is 5.15. The second kappa shape index (κ2) is 8.30. The van der Waals surface area contributed by atoms with Gasteiger partial charge in [0.1, 0.15) is 23.6 Å². The number of aromatic nitrogens is 1. The van der Waals surface area contributed by atoms with Crippen LogP contribution in [0.15, 0.2) is 41.2 Å². The molecule has 3 saturated heterocycles. The Labute approximate surface area is 187 Å². The minimum atomic E-state index is -0.470. The highest BCUT2D eigenvalue weighted by molar-refractivity contribution is 5.89. The first-order chi connectivity index (χ1) is 15.5. The number of fused-ring (bicyclic) bond motifs is 4. The van der Waals surface area contributed by atoms with E-state index < -0.39 is 6.04 Å². The molecule has 0 spiro atoms. The van der Waals surface area contributed by atoms with Gasteiger partial charge in [0.05, 0.1) is 12.5 Å². The number of furan rings is 1. The number of piperidine rings is 3. The first kappa shape index (κ1) is 20.6. The number of nitriles is 1. The molecule has 5 heterocycles. The van der Waals surface area contributed by atoms with Crippen molar-refractivity contribution in [2.75, 3.05) is 25.0 Å². The number of nitrogens with zero attached hydrogens (tertiary/aromatic N) is 5. The van der Waals surface area contributed by atoms with E-state index in [0.29, 0.717) is 31.1 Å². The highest BCUT2D eigenvalue weighted by atomic mass is 16.3. The molecule has 3 aliphatic rings. The molecule has 4 atom stereocenters. The van der Waals surface area contributed by atoms with Gasteiger partial charge in [-0.05, 0) is 43.4 Å². The summed E-state index contributed by atoms with van der Waals surface area (Å²) in [6.07, 6.45) is 6.49. The smallest absolute Gasteiger partial charge is 0.245 e. The van der Waals surface area contributed by atoms with Crippen molar-refractivity contribution in [3.63, 3.8) is 0 Å². The van der Waals surface area contributed by atoms with Gasteiger partial charge in [-0.25, -0.2) is 4.98 Å². The van der Waals surface area contributed by atoms with E-state index in [2.05, 4.69) is 16.0 Å². The Bertz CT molecular complexity index is 1050. The monoisotopic (exact) mass is 433 g/mol. The van der Waals surface area contributed by atoms with Gasteiger partial charge < -0.3 is 19.1 Å². The Kier molecular flexibility index (Phi) is 5.33. The van der Waals surface area contributed by atoms with Gasteiger partial charge in [0.25, 0.3) is 0 Å². The number of hydrogen-bond donors (Lipinski definition) is 0. The lowest BCUT2D eigenvalue weighted by atomic mass is 9.71. The van der Waals surface area contributed by atoms with E-state index in [1.165, 1.54) is 0 Å². The fourth-order valence-corrected chi connectivity index (χ4v) is 5.78. The van der Waals surface area contributed by atoms with Crippen LogP contribution in [0.2, 0.25) is 0 Å². The van der Waals surface area contributed by atoms with E-state index in [-0.39, 0.29) is 23.8 Å².